The van der Waals surface area contributed by atoms with Gasteiger partial charge < -0.3 is 25.0 Å². The van der Waals surface area contributed by atoms with E-state index in [9.17, 15) is 4.79 Å². The smallest absolute Gasteiger partial charge is 0.409 e. The van der Waals surface area contributed by atoms with E-state index in [-0.39, 0.29) is 6.09 Å². The van der Waals surface area contributed by atoms with E-state index < -0.39 is 0 Å². The Labute approximate surface area is 138 Å². The first-order chi connectivity index (χ1) is 11.2. The summed E-state index contributed by atoms with van der Waals surface area (Å²) in [6.07, 6.45) is 4.23. The molecule has 0 aromatic heterocycles. The number of nitrogens with one attached hydrogen (secondary N) is 2. The third-order valence-corrected chi connectivity index (χ3v) is 4.17. The van der Waals surface area contributed by atoms with Crippen LogP contribution in [0.3, 0.4) is 0 Å². The fourth-order valence-electron chi connectivity index (χ4n) is 2.59. The van der Waals surface area contributed by atoms with E-state index in [2.05, 4.69) is 15.6 Å². The second-order valence-corrected chi connectivity index (χ2v) is 6.12. The molecule has 1 aliphatic heterocycles. The van der Waals surface area contributed by atoms with Crippen LogP contribution in [0.1, 0.15) is 32.6 Å². The zero-order valence-electron chi connectivity index (χ0n) is 14.3. The quantitative estimate of drug-likeness (QED) is 0.418. The molecule has 0 radical (unpaired) electrons. The maximum atomic E-state index is 11.7. The van der Waals surface area contributed by atoms with Gasteiger partial charge in [0.1, 0.15) is 0 Å². The van der Waals surface area contributed by atoms with Gasteiger partial charge in [0.15, 0.2) is 5.96 Å². The number of piperidine rings is 1. The number of likely N-dealkylation sites (tertiary alicyclic amines) is 1. The van der Waals surface area contributed by atoms with Crippen LogP contribution < -0.4 is 10.6 Å². The first-order valence-electron chi connectivity index (χ1n) is 8.69. The SMILES string of the molecule is CCOC(=O)N1CCC(NC(=NC)NCCOCC2CC2)CC1. The molecule has 132 valence electrons. The van der Waals surface area contributed by atoms with Crippen molar-refractivity contribution in [3.8, 4) is 0 Å². The van der Waals surface area contributed by atoms with Gasteiger partial charge in [-0.1, -0.05) is 0 Å². The molecular formula is C16H30N4O3. The van der Waals surface area contributed by atoms with E-state index in [4.69, 9.17) is 9.47 Å². The van der Waals surface area contributed by atoms with Crippen molar-refractivity contribution in [3.05, 3.63) is 0 Å². The average Bonchev–Trinajstić information content (AvgIpc) is 3.38. The van der Waals surface area contributed by atoms with Crippen molar-refractivity contribution in [2.24, 2.45) is 10.9 Å². The van der Waals surface area contributed by atoms with Crippen molar-refractivity contribution in [3.63, 3.8) is 0 Å². The van der Waals surface area contributed by atoms with Crippen LogP contribution in [0.4, 0.5) is 4.79 Å². The van der Waals surface area contributed by atoms with E-state index in [1.807, 2.05) is 6.92 Å². The number of guanidine groups is 1. The molecule has 0 bridgehead atoms. The zero-order valence-corrected chi connectivity index (χ0v) is 14.3. The summed E-state index contributed by atoms with van der Waals surface area (Å²) in [5, 5.41) is 6.69. The lowest BCUT2D eigenvalue weighted by molar-refractivity contribution is 0.0962. The molecule has 0 aromatic carbocycles. The minimum absolute atomic E-state index is 0.207. The second kappa shape index (κ2) is 9.60. The Hall–Kier alpha value is -1.50. The second-order valence-electron chi connectivity index (χ2n) is 6.12. The van der Waals surface area contributed by atoms with Crippen molar-refractivity contribution >= 4 is 12.1 Å². The highest BCUT2D eigenvalue weighted by Gasteiger charge is 2.24. The van der Waals surface area contributed by atoms with Crippen molar-refractivity contribution in [1.82, 2.24) is 15.5 Å². The third-order valence-electron chi connectivity index (χ3n) is 4.17. The molecule has 0 spiro atoms. The highest BCUT2D eigenvalue weighted by Crippen LogP contribution is 2.28. The maximum Gasteiger partial charge on any atom is 0.409 e. The number of hydrogen-bond acceptors (Lipinski definition) is 4. The molecule has 1 amide bonds. The number of hydrogen-bond donors (Lipinski definition) is 2. The number of ether oxygens (including phenoxy) is 2. The Morgan fingerprint density at radius 1 is 1.26 bits per heavy atom. The van der Waals surface area contributed by atoms with Gasteiger partial charge in [-0.2, -0.15) is 0 Å². The lowest BCUT2D eigenvalue weighted by Crippen LogP contribution is -2.50. The summed E-state index contributed by atoms with van der Waals surface area (Å²) in [5.41, 5.74) is 0. The Morgan fingerprint density at radius 3 is 2.61 bits per heavy atom. The van der Waals surface area contributed by atoms with Crippen molar-refractivity contribution < 1.29 is 14.3 Å². The van der Waals surface area contributed by atoms with Crippen LogP contribution in [0.5, 0.6) is 0 Å². The minimum atomic E-state index is -0.207. The molecule has 7 nitrogen and oxygen atoms in total. The monoisotopic (exact) mass is 326 g/mol. The minimum Gasteiger partial charge on any atom is -0.450 e. The van der Waals surface area contributed by atoms with Crippen LogP contribution in [0.25, 0.3) is 0 Å². The Kier molecular flexibility index (Phi) is 7.45. The molecule has 1 saturated carbocycles. The highest BCUT2D eigenvalue weighted by atomic mass is 16.6. The van der Waals surface area contributed by atoms with Crippen LogP contribution in [0.2, 0.25) is 0 Å². The molecule has 2 fully saturated rings. The molecule has 1 saturated heterocycles. The van der Waals surface area contributed by atoms with Crippen LogP contribution in [0, 0.1) is 5.92 Å². The zero-order chi connectivity index (χ0) is 16.5. The third kappa shape index (κ3) is 6.64. The molecule has 1 heterocycles. The van der Waals surface area contributed by atoms with Gasteiger partial charge in [0.25, 0.3) is 0 Å². The summed E-state index contributed by atoms with van der Waals surface area (Å²) >= 11 is 0. The first-order valence-corrected chi connectivity index (χ1v) is 8.69. The predicted molar refractivity (Wildman–Crippen MR) is 89.7 cm³/mol. The number of aliphatic imine (C=N–C) groups is 1. The summed E-state index contributed by atoms with van der Waals surface area (Å²) < 4.78 is 10.6. The average molecular weight is 326 g/mol. The van der Waals surface area contributed by atoms with Crippen molar-refractivity contribution in [1.29, 1.82) is 0 Å². The molecule has 23 heavy (non-hydrogen) atoms. The topological polar surface area (TPSA) is 75.2 Å². The molecule has 2 aliphatic rings. The fraction of sp³-hybridized carbons (Fsp3) is 0.875. The molecule has 0 aromatic rings. The van der Waals surface area contributed by atoms with E-state index in [1.165, 1.54) is 12.8 Å². The molecule has 0 atom stereocenters. The van der Waals surface area contributed by atoms with Crippen LogP contribution >= 0.6 is 0 Å². The summed E-state index contributed by atoms with van der Waals surface area (Å²) in [5.74, 6) is 1.60. The summed E-state index contributed by atoms with van der Waals surface area (Å²) in [4.78, 5) is 17.7. The number of nitrogens with zero attached hydrogens (tertiary/aromatic N) is 2. The number of carbonyl (C=O) groups excluding carboxylic acids is 1. The van der Waals surface area contributed by atoms with E-state index in [0.717, 1.165) is 51.0 Å². The maximum absolute atomic E-state index is 11.7. The number of amides is 1. The van der Waals surface area contributed by atoms with Gasteiger partial charge in [-0.3, -0.25) is 4.99 Å². The Balaban J connectivity index is 1.58. The normalized spacial score (nSPS) is 19.6. The fourth-order valence-corrected chi connectivity index (χ4v) is 2.59. The van der Waals surface area contributed by atoms with Gasteiger partial charge >= 0.3 is 6.09 Å². The van der Waals surface area contributed by atoms with E-state index >= 15 is 0 Å². The van der Waals surface area contributed by atoms with Gasteiger partial charge in [-0.05, 0) is 38.5 Å². The summed E-state index contributed by atoms with van der Waals surface area (Å²) in [6.45, 7) is 6.05. The molecule has 1 aliphatic carbocycles. The molecule has 2 N–H and O–H groups in total. The summed E-state index contributed by atoms with van der Waals surface area (Å²) in [7, 11) is 1.77. The number of carbonyl (C=O) groups is 1. The molecule has 0 unspecified atom stereocenters. The molecule has 2 rings (SSSR count). The van der Waals surface area contributed by atoms with Crippen LogP contribution in [-0.4, -0.2) is 69.5 Å². The predicted octanol–water partition coefficient (Wildman–Crippen LogP) is 1.20. The molecular weight excluding hydrogens is 296 g/mol. The Bertz CT molecular complexity index is 391. The number of rotatable bonds is 7. The molecule has 7 heteroatoms. The van der Waals surface area contributed by atoms with Gasteiger partial charge in [0.2, 0.25) is 0 Å². The Morgan fingerprint density at radius 2 is 2.00 bits per heavy atom. The largest absolute Gasteiger partial charge is 0.450 e. The van der Waals surface area contributed by atoms with Gasteiger partial charge in [0.05, 0.1) is 13.2 Å². The lowest BCUT2D eigenvalue weighted by atomic mass is 10.1. The van der Waals surface area contributed by atoms with E-state index in [1.54, 1.807) is 11.9 Å². The highest BCUT2D eigenvalue weighted by molar-refractivity contribution is 5.80. The lowest BCUT2D eigenvalue weighted by Gasteiger charge is -2.32. The van der Waals surface area contributed by atoms with E-state index in [0.29, 0.717) is 19.3 Å². The van der Waals surface area contributed by atoms with Gasteiger partial charge in [-0.25, -0.2) is 4.79 Å². The van der Waals surface area contributed by atoms with Crippen LogP contribution in [0.15, 0.2) is 4.99 Å². The summed E-state index contributed by atoms with van der Waals surface area (Å²) in [6, 6.07) is 0.333. The first kappa shape index (κ1) is 17.8. The van der Waals surface area contributed by atoms with Crippen molar-refractivity contribution in [2.45, 2.75) is 38.6 Å². The van der Waals surface area contributed by atoms with Crippen LogP contribution in [-0.2, 0) is 9.47 Å². The van der Waals surface area contributed by atoms with Gasteiger partial charge in [-0.15, -0.1) is 0 Å². The van der Waals surface area contributed by atoms with Crippen molar-refractivity contribution in [2.75, 3.05) is 46.5 Å². The van der Waals surface area contributed by atoms with Gasteiger partial charge in [0, 0.05) is 39.3 Å². The standard InChI is InChI=1S/C16H30N4O3/c1-3-23-16(21)20-9-6-14(7-10-20)19-15(17-2)18-8-11-22-12-13-4-5-13/h13-14H,3-12H2,1-2H3,(H2,17,18,19).